The summed E-state index contributed by atoms with van der Waals surface area (Å²) in [6.45, 7) is 4.44. The maximum absolute atomic E-state index is 13.7. The fourth-order valence-electron chi connectivity index (χ4n) is 4.22. The van der Waals surface area contributed by atoms with Gasteiger partial charge in [0.2, 0.25) is 0 Å². The third-order valence-corrected chi connectivity index (χ3v) is 6.80. The third-order valence-electron chi connectivity index (χ3n) is 5.82. The monoisotopic (exact) mass is 527 g/mol. The van der Waals surface area contributed by atoms with Crippen molar-refractivity contribution < 1.29 is 4.79 Å². The van der Waals surface area contributed by atoms with Crippen LogP contribution in [0.4, 0.5) is 0 Å². The lowest BCUT2D eigenvalue weighted by atomic mass is 10.1. The molecule has 0 bridgehead atoms. The fourth-order valence-corrected chi connectivity index (χ4v) is 4.70. The van der Waals surface area contributed by atoms with Crippen molar-refractivity contribution in [2.24, 2.45) is 0 Å². The number of carbonyl (C=O) groups is 1. The van der Waals surface area contributed by atoms with Crippen LogP contribution in [0.3, 0.4) is 0 Å². The summed E-state index contributed by atoms with van der Waals surface area (Å²) in [5, 5.41) is 1.67. The minimum Gasteiger partial charge on any atom is -0.328 e. The Bertz CT molecular complexity index is 1450. The number of nitrogens with zero attached hydrogens (tertiary/aromatic N) is 3. The van der Waals surface area contributed by atoms with E-state index in [4.69, 9.17) is 39.8 Å². The average Bonchev–Trinajstić information content (AvgIpc) is 2.85. The normalized spacial score (nSPS) is 12.0. The molecule has 180 valence electrons. The van der Waals surface area contributed by atoms with Crippen LogP contribution in [0, 0.1) is 0 Å². The van der Waals surface area contributed by atoms with Crippen molar-refractivity contribution in [2.75, 3.05) is 6.54 Å². The van der Waals surface area contributed by atoms with E-state index in [9.17, 15) is 9.59 Å². The van der Waals surface area contributed by atoms with E-state index in [0.717, 1.165) is 6.42 Å². The van der Waals surface area contributed by atoms with Crippen molar-refractivity contribution in [1.82, 2.24) is 14.5 Å². The quantitative estimate of drug-likeness (QED) is 0.252. The summed E-state index contributed by atoms with van der Waals surface area (Å²) < 4.78 is 1.56. The molecule has 1 unspecified atom stereocenters. The molecule has 5 nitrogen and oxygen atoms in total. The molecule has 1 heterocycles. The first kappa shape index (κ1) is 25.2. The van der Waals surface area contributed by atoms with Gasteiger partial charge in [-0.2, -0.15) is 0 Å². The highest BCUT2D eigenvalue weighted by molar-refractivity contribution is 6.42. The van der Waals surface area contributed by atoms with Gasteiger partial charge >= 0.3 is 0 Å². The van der Waals surface area contributed by atoms with Crippen molar-refractivity contribution in [2.45, 2.75) is 32.7 Å². The first-order valence-corrected chi connectivity index (χ1v) is 12.5. The van der Waals surface area contributed by atoms with Gasteiger partial charge in [0, 0.05) is 17.1 Å². The summed E-state index contributed by atoms with van der Waals surface area (Å²) in [6, 6.07) is 18.6. The van der Waals surface area contributed by atoms with Crippen LogP contribution in [0.1, 0.15) is 48.9 Å². The van der Waals surface area contributed by atoms with Gasteiger partial charge in [-0.3, -0.25) is 14.2 Å². The molecule has 0 aliphatic heterocycles. The van der Waals surface area contributed by atoms with Crippen LogP contribution >= 0.6 is 34.8 Å². The standard InChI is InChI=1S/C27H24Cl3N3O2/c1-3-14-32(26(34)17-12-13-21(29)22(30)15-17)24(4-2)25-31-23-11-6-5-10-20(23)27(35)33(25)19-9-7-8-18(28)16-19/h5-13,15-16,24H,3-4,14H2,1-2H3. The molecule has 4 aromatic rings. The molecule has 1 aromatic heterocycles. The summed E-state index contributed by atoms with van der Waals surface area (Å²) in [4.78, 5) is 34.1. The minimum atomic E-state index is -0.479. The number of rotatable bonds is 7. The second kappa shape index (κ2) is 10.8. The smallest absolute Gasteiger partial charge is 0.266 e. The number of amides is 1. The van der Waals surface area contributed by atoms with Gasteiger partial charge in [-0.1, -0.05) is 66.8 Å². The van der Waals surface area contributed by atoms with Crippen LogP contribution in [0.25, 0.3) is 16.6 Å². The molecule has 0 saturated carbocycles. The largest absolute Gasteiger partial charge is 0.328 e. The molecule has 1 amide bonds. The molecule has 35 heavy (non-hydrogen) atoms. The summed E-state index contributed by atoms with van der Waals surface area (Å²) in [5.74, 6) is 0.262. The molecule has 0 N–H and O–H groups in total. The topological polar surface area (TPSA) is 55.2 Å². The first-order valence-electron chi connectivity index (χ1n) is 11.4. The van der Waals surface area contributed by atoms with E-state index in [2.05, 4.69) is 0 Å². The Morgan fingerprint density at radius 3 is 2.43 bits per heavy atom. The minimum absolute atomic E-state index is 0.211. The zero-order valence-electron chi connectivity index (χ0n) is 19.3. The molecule has 0 spiro atoms. The van der Waals surface area contributed by atoms with Crippen molar-refractivity contribution in [1.29, 1.82) is 0 Å². The Kier molecular flexibility index (Phi) is 7.80. The van der Waals surface area contributed by atoms with Gasteiger partial charge < -0.3 is 4.90 Å². The predicted octanol–water partition coefficient (Wildman–Crippen LogP) is 7.35. The Labute approximate surface area is 218 Å². The molecule has 8 heteroatoms. The summed E-state index contributed by atoms with van der Waals surface area (Å²) >= 11 is 18.6. The highest BCUT2D eigenvalue weighted by Crippen LogP contribution is 2.30. The van der Waals surface area contributed by atoms with Gasteiger partial charge in [0.15, 0.2) is 0 Å². The van der Waals surface area contributed by atoms with E-state index in [1.807, 2.05) is 32.0 Å². The Morgan fingerprint density at radius 1 is 0.971 bits per heavy atom. The van der Waals surface area contributed by atoms with Crippen LogP contribution in [-0.4, -0.2) is 26.9 Å². The number of carbonyl (C=O) groups excluding carboxylic acids is 1. The maximum atomic E-state index is 13.7. The molecule has 0 aliphatic carbocycles. The van der Waals surface area contributed by atoms with E-state index in [1.165, 1.54) is 0 Å². The van der Waals surface area contributed by atoms with Crippen molar-refractivity contribution in [3.63, 3.8) is 0 Å². The summed E-state index contributed by atoms with van der Waals surface area (Å²) in [6.07, 6.45) is 1.26. The predicted molar refractivity (Wildman–Crippen MR) is 143 cm³/mol. The number of aromatic nitrogens is 2. The van der Waals surface area contributed by atoms with E-state index in [-0.39, 0.29) is 11.5 Å². The van der Waals surface area contributed by atoms with E-state index in [1.54, 1.807) is 58.0 Å². The molecule has 4 rings (SSSR count). The van der Waals surface area contributed by atoms with Crippen LogP contribution in [0.5, 0.6) is 0 Å². The molecule has 0 aliphatic rings. The SMILES string of the molecule is CCCN(C(=O)c1ccc(Cl)c(Cl)c1)C(CC)c1nc2ccccc2c(=O)n1-c1cccc(Cl)c1. The molecular weight excluding hydrogens is 505 g/mol. The lowest BCUT2D eigenvalue weighted by molar-refractivity contribution is 0.0659. The van der Waals surface area contributed by atoms with Gasteiger partial charge in [-0.05, 0) is 61.4 Å². The molecule has 3 aromatic carbocycles. The lowest BCUT2D eigenvalue weighted by Crippen LogP contribution is -2.39. The lowest BCUT2D eigenvalue weighted by Gasteiger charge is -2.32. The number of hydrogen-bond donors (Lipinski definition) is 0. The Hall–Kier alpha value is -2.86. The van der Waals surface area contributed by atoms with E-state index < -0.39 is 6.04 Å². The van der Waals surface area contributed by atoms with Crippen LogP contribution in [0.15, 0.2) is 71.5 Å². The van der Waals surface area contributed by atoms with Gasteiger partial charge in [-0.25, -0.2) is 4.98 Å². The van der Waals surface area contributed by atoms with Gasteiger partial charge in [-0.15, -0.1) is 0 Å². The van der Waals surface area contributed by atoms with Crippen LogP contribution < -0.4 is 5.56 Å². The fraction of sp³-hybridized carbons (Fsp3) is 0.222. The molecule has 0 fully saturated rings. The zero-order valence-corrected chi connectivity index (χ0v) is 21.6. The van der Waals surface area contributed by atoms with Gasteiger partial charge in [0.05, 0.1) is 32.7 Å². The number of para-hydroxylation sites is 1. The van der Waals surface area contributed by atoms with Gasteiger partial charge in [0.25, 0.3) is 11.5 Å². The second-order valence-corrected chi connectivity index (χ2v) is 9.41. The van der Waals surface area contributed by atoms with E-state index in [0.29, 0.717) is 56.0 Å². The highest BCUT2D eigenvalue weighted by Gasteiger charge is 2.29. The van der Waals surface area contributed by atoms with Crippen LogP contribution in [-0.2, 0) is 0 Å². The summed E-state index contributed by atoms with van der Waals surface area (Å²) in [5.41, 5.74) is 1.36. The summed E-state index contributed by atoms with van der Waals surface area (Å²) in [7, 11) is 0. The van der Waals surface area contributed by atoms with E-state index >= 15 is 0 Å². The third kappa shape index (κ3) is 5.08. The van der Waals surface area contributed by atoms with Crippen molar-refractivity contribution in [3.05, 3.63) is 104 Å². The molecular formula is C27H24Cl3N3O2. The maximum Gasteiger partial charge on any atom is 0.266 e. The molecule has 0 saturated heterocycles. The van der Waals surface area contributed by atoms with Crippen molar-refractivity contribution in [3.8, 4) is 5.69 Å². The van der Waals surface area contributed by atoms with Crippen LogP contribution in [0.2, 0.25) is 15.1 Å². The highest BCUT2D eigenvalue weighted by atomic mass is 35.5. The van der Waals surface area contributed by atoms with Crippen molar-refractivity contribution >= 4 is 51.6 Å². The zero-order chi connectivity index (χ0) is 25.1. The molecule has 0 radical (unpaired) electrons. The number of hydrogen-bond acceptors (Lipinski definition) is 3. The molecule has 1 atom stereocenters. The Balaban J connectivity index is 1.94. The van der Waals surface area contributed by atoms with Gasteiger partial charge in [0.1, 0.15) is 5.82 Å². The first-order chi connectivity index (χ1) is 16.8. The second-order valence-electron chi connectivity index (χ2n) is 8.16. The number of fused-ring (bicyclic) bond motifs is 1. The number of benzene rings is 3. The average molecular weight is 529 g/mol. The Morgan fingerprint density at radius 2 is 1.74 bits per heavy atom. The number of halogens is 3.